The number of hydrogen-bond donors (Lipinski definition) is 1. The van der Waals surface area contributed by atoms with Gasteiger partial charge in [0.25, 0.3) is 0 Å². The summed E-state index contributed by atoms with van der Waals surface area (Å²) in [6, 6.07) is 3.65. The van der Waals surface area contributed by atoms with Crippen LogP contribution in [0.15, 0.2) is 16.6 Å². The van der Waals surface area contributed by atoms with Gasteiger partial charge in [0.1, 0.15) is 5.75 Å². The van der Waals surface area contributed by atoms with Crippen molar-refractivity contribution < 1.29 is 14.6 Å². The van der Waals surface area contributed by atoms with E-state index in [1.54, 1.807) is 6.07 Å². The van der Waals surface area contributed by atoms with Gasteiger partial charge in [-0.25, -0.2) is 0 Å². The summed E-state index contributed by atoms with van der Waals surface area (Å²) < 4.78 is 6.29. The summed E-state index contributed by atoms with van der Waals surface area (Å²) in [5, 5.41) is 8.75. The molecule has 3 nitrogen and oxygen atoms in total. The Labute approximate surface area is 97.2 Å². The van der Waals surface area contributed by atoms with Crippen LogP contribution < -0.4 is 4.74 Å². The molecule has 0 fully saturated rings. The molecule has 1 aromatic rings. The van der Waals surface area contributed by atoms with Crippen molar-refractivity contribution in [3.8, 4) is 5.75 Å². The van der Waals surface area contributed by atoms with Crippen molar-refractivity contribution in [1.82, 2.24) is 0 Å². The van der Waals surface area contributed by atoms with E-state index < -0.39 is 5.97 Å². The largest absolute Gasteiger partial charge is 0.494 e. The van der Waals surface area contributed by atoms with Gasteiger partial charge in [0.2, 0.25) is 0 Å². The number of carbonyl (C=O) groups is 1. The molecule has 0 aliphatic heterocycles. The van der Waals surface area contributed by atoms with Crippen LogP contribution >= 0.6 is 15.9 Å². The molecular formula is C11H13BrO3. The Morgan fingerprint density at radius 2 is 2.20 bits per heavy atom. The molecule has 0 saturated heterocycles. The van der Waals surface area contributed by atoms with Crippen LogP contribution in [0.1, 0.15) is 18.1 Å². The molecule has 15 heavy (non-hydrogen) atoms. The highest BCUT2D eigenvalue weighted by molar-refractivity contribution is 9.10. The van der Waals surface area contributed by atoms with Crippen LogP contribution in [-0.2, 0) is 11.2 Å². The highest BCUT2D eigenvalue weighted by atomic mass is 79.9. The fraction of sp³-hybridized carbons (Fsp3) is 0.364. The predicted octanol–water partition coefficient (Wildman–Crippen LogP) is 2.78. The molecule has 0 saturated carbocycles. The second-order valence-electron chi connectivity index (χ2n) is 3.21. The number of aliphatic carboxylic acids is 1. The Morgan fingerprint density at radius 1 is 1.53 bits per heavy atom. The molecule has 1 aromatic carbocycles. The van der Waals surface area contributed by atoms with Gasteiger partial charge in [-0.1, -0.05) is 15.9 Å². The first-order valence-electron chi connectivity index (χ1n) is 4.68. The van der Waals surface area contributed by atoms with Gasteiger partial charge in [0.15, 0.2) is 0 Å². The highest BCUT2D eigenvalue weighted by Crippen LogP contribution is 2.27. The van der Waals surface area contributed by atoms with Crippen molar-refractivity contribution in [1.29, 1.82) is 0 Å². The third-order valence-corrected chi connectivity index (χ3v) is 2.84. The van der Waals surface area contributed by atoms with Gasteiger partial charge < -0.3 is 9.84 Å². The van der Waals surface area contributed by atoms with E-state index in [4.69, 9.17) is 9.84 Å². The van der Waals surface area contributed by atoms with E-state index in [0.717, 1.165) is 10.0 Å². The Kier molecular flexibility index (Phi) is 4.15. The summed E-state index contributed by atoms with van der Waals surface area (Å²) in [4.78, 5) is 10.7. The number of rotatable bonds is 4. The van der Waals surface area contributed by atoms with E-state index in [9.17, 15) is 4.79 Å². The molecule has 0 atom stereocenters. The standard InChI is InChI=1S/C11H13BrO3/c1-3-15-10-4-7(2)9(12)5-8(10)6-11(13)14/h4-5H,3,6H2,1-2H3,(H,13,14). The number of carboxylic acids is 1. The van der Waals surface area contributed by atoms with Crippen molar-refractivity contribution in [2.75, 3.05) is 6.61 Å². The summed E-state index contributed by atoms with van der Waals surface area (Å²) in [6.07, 6.45) is -0.0196. The molecule has 1 N–H and O–H groups in total. The fourth-order valence-electron chi connectivity index (χ4n) is 1.29. The predicted molar refractivity (Wildman–Crippen MR) is 61.4 cm³/mol. The Hall–Kier alpha value is -1.03. The Balaban J connectivity index is 3.09. The van der Waals surface area contributed by atoms with Gasteiger partial charge in [-0.3, -0.25) is 4.79 Å². The van der Waals surface area contributed by atoms with E-state index >= 15 is 0 Å². The zero-order chi connectivity index (χ0) is 11.4. The van der Waals surface area contributed by atoms with Gasteiger partial charge in [-0.2, -0.15) is 0 Å². The van der Waals surface area contributed by atoms with Crippen LogP contribution in [0.5, 0.6) is 5.75 Å². The van der Waals surface area contributed by atoms with Crippen molar-refractivity contribution in [2.45, 2.75) is 20.3 Å². The normalized spacial score (nSPS) is 10.1. The number of carboxylic acid groups (broad SMARTS) is 1. The molecule has 0 radical (unpaired) electrons. The molecule has 0 bridgehead atoms. The average Bonchev–Trinajstić information content (AvgIpc) is 2.13. The van der Waals surface area contributed by atoms with Gasteiger partial charge >= 0.3 is 5.97 Å². The first-order valence-corrected chi connectivity index (χ1v) is 5.47. The third kappa shape index (κ3) is 3.23. The molecule has 0 aromatic heterocycles. The SMILES string of the molecule is CCOc1cc(C)c(Br)cc1CC(=O)O. The maximum Gasteiger partial charge on any atom is 0.307 e. The molecule has 82 valence electrons. The van der Waals surface area contributed by atoms with Crippen LogP contribution in [0.3, 0.4) is 0 Å². The molecule has 0 aliphatic carbocycles. The Bertz CT molecular complexity index is 374. The van der Waals surface area contributed by atoms with Crippen LogP contribution in [0, 0.1) is 6.92 Å². The fourth-order valence-corrected chi connectivity index (χ4v) is 1.68. The van der Waals surface area contributed by atoms with Crippen molar-refractivity contribution in [3.63, 3.8) is 0 Å². The summed E-state index contributed by atoms with van der Waals surface area (Å²) in [5.41, 5.74) is 1.73. The summed E-state index contributed by atoms with van der Waals surface area (Å²) >= 11 is 3.37. The van der Waals surface area contributed by atoms with Gasteiger partial charge in [0.05, 0.1) is 13.0 Å². The molecule has 0 amide bonds. The molecule has 4 heteroatoms. The van der Waals surface area contributed by atoms with Gasteiger partial charge in [0, 0.05) is 10.0 Å². The second kappa shape index (κ2) is 5.16. The molecular weight excluding hydrogens is 260 g/mol. The van der Waals surface area contributed by atoms with E-state index in [0.29, 0.717) is 17.9 Å². The molecule has 1 rings (SSSR count). The molecule has 0 spiro atoms. The van der Waals surface area contributed by atoms with Crippen LogP contribution in [0.4, 0.5) is 0 Å². The van der Waals surface area contributed by atoms with E-state index in [1.807, 2.05) is 19.9 Å². The third-order valence-electron chi connectivity index (χ3n) is 1.98. The molecule has 0 unspecified atom stereocenters. The summed E-state index contributed by atoms with van der Waals surface area (Å²) in [6.45, 7) is 4.35. The van der Waals surface area contributed by atoms with Gasteiger partial charge in [-0.05, 0) is 31.5 Å². The minimum atomic E-state index is -0.855. The van der Waals surface area contributed by atoms with E-state index in [2.05, 4.69) is 15.9 Å². The number of ether oxygens (including phenoxy) is 1. The smallest absolute Gasteiger partial charge is 0.307 e. The quantitative estimate of drug-likeness (QED) is 0.917. The first kappa shape index (κ1) is 12.0. The lowest BCUT2D eigenvalue weighted by Gasteiger charge is -2.11. The zero-order valence-electron chi connectivity index (χ0n) is 8.71. The summed E-state index contributed by atoms with van der Waals surface area (Å²) in [7, 11) is 0. The maximum atomic E-state index is 10.7. The van der Waals surface area contributed by atoms with Crippen molar-refractivity contribution in [2.24, 2.45) is 0 Å². The van der Waals surface area contributed by atoms with Crippen LogP contribution in [0.2, 0.25) is 0 Å². The van der Waals surface area contributed by atoms with Crippen molar-refractivity contribution >= 4 is 21.9 Å². The minimum absolute atomic E-state index is 0.0196. The van der Waals surface area contributed by atoms with E-state index in [-0.39, 0.29) is 6.42 Å². The lowest BCUT2D eigenvalue weighted by atomic mass is 10.1. The van der Waals surface area contributed by atoms with Crippen molar-refractivity contribution in [3.05, 3.63) is 27.7 Å². The van der Waals surface area contributed by atoms with Crippen LogP contribution in [-0.4, -0.2) is 17.7 Å². The number of halogens is 1. The molecule has 0 heterocycles. The maximum absolute atomic E-state index is 10.7. The Morgan fingerprint density at radius 3 is 2.73 bits per heavy atom. The second-order valence-corrected chi connectivity index (χ2v) is 4.07. The lowest BCUT2D eigenvalue weighted by Crippen LogP contribution is -2.04. The minimum Gasteiger partial charge on any atom is -0.494 e. The average molecular weight is 273 g/mol. The zero-order valence-corrected chi connectivity index (χ0v) is 10.3. The topological polar surface area (TPSA) is 46.5 Å². The number of hydrogen-bond acceptors (Lipinski definition) is 2. The highest BCUT2D eigenvalue weighted by Gasteiger charge is 2.10. The monoisotopic (exact) mass is 272 g/mol. The first-order chi connectivity index (χ1) is 7.04. The van der Waals surface area contributed by atoms with Crippen LogP contribution in [0.25, 0.3) is 0 Å². The number of benzene rings is 1. The van der Waals surface area contributed by atoms with Gasteiger partial charge in [-0.15, -0.1) is 0 Å². The summed E-state index contributed by atoms with van der Waals surface area (Å²) in [5.74, 6) is -0.202. The lowest BCUT2D eigenvalue weighted by molar-refractivity contribution is -0.136. The van der Waals surface area contributed by atoms with E-state index in [1.165, 1.54) is 0 Å². The number of aryl methyl sites for hydroxylation is 1. The molecule has 0 aliphatic rings.